The number of nitrogens with zero attached hydrogens (tertiary/aromatic N) is 1. The zero-order chi connectivity index (χ0) is 18.3. The molecular weight excluding hydrogens is 332 g/mol. The summed E-state index contributed by atoms with van der Waals surface area (Å²) in [7, 11) is 0. The van der Waals surface area contributed by atoms with Crippen molar-refractivity contribution in [2.24, 2.45) is 34.8 Å². The summed E-state index contributed by atoms with van der Waals surface area (Å²) in [5, 5.41) is 0. The van der Waals surface area contributed by atoms with Gasteiger partial charge in [0.15, 0.2) is 6.61 Å². The van der Waals surface area contributed by atoms with Gasteiger partial charge in [0, 0.05) is 13.1 Å². The van der Waals surface area contributed by atoms with Gasteiger partial charge in [-0.15, -0.1) is 0 Å². The molecule has 5 aliphatic rings. The van der Waals surface area contributed by atoms with Crippen LogP contribution in [0.2, 0.25) is 0 Å². The first-order chi connectivity index (χ1) is 12.4. The second-order valence-electron chi connectivity index (χ2n) is 9.34. The van der Waals surface area contributed by atoms with Gasteiger partial charge in [-0.1, -0.05) is 0 Å². The summed E-state index contributed by atoms with van der Waals surface area (Å²) in [5.41, 5.74) is 5.49. The van der Waals surface area contributed by atoms with E-state index in [4.69, 9.17) is 10.5 Å². The van der Waals surface area contributed by atoms with E-state index in [-0.39, 0.29) is 35.7 Å². The highest BCUT2D eigenvalue weighted by atomic mass is 16.5. The normalized spacial score (nSPS) is 38.2. The van der Waals surface area contributed by atoms with E-state index in [1.807, 2.05) is 0 Å². The number of rotatable bonds is 5. The van der Waals surface area contributed by atoms with Gasteiger partial charge in [0.25, 0.3) is 5.91 Å². The molecule has 6 heteroatoms. The Balaban J connectivity index is 1.26. The van der Waals surface area contributed by atoms with Gasteiger partial charge in [-0.05, 0) is 74.5 Å². The number of hydrogen-bond donors (Lipinski definition) is 1. The SMILES string of the molecule is NC(=O)[C@H]1CCCN(C(=O)COC(=O)CC23CC4CC(CC(C4)C2)C3)C1. The predicted molar refractivity (Wildman–Crippen MR) is 94.7 cm³/mol. The number of carbonyl (C=O) groups excluding carboxylic acids is 3. The van der Waals surface area contributed by atoms with Crippen molar-refractivity contribution in [2.45, 2.75) is 57.8 Å². The minimum absolute atomic E-state index is 0.136. The Bertz CT molecular complexity index is 567. The van der Waals surface area contributed by atoms with Crippen LogP contribution in [0.1, 0.15) is 57.8 Å². The van der Waals surface area contributed by atoms with Gasteiger partial charge in [-0.25, -0.2) is 0 Å². The van der Waals surface area contributed by atoms with E-state index < -0.39 is 0 Å². The maximum Gasteiger partial charge on any atom is 0.306 e. The molecule has 1 heterocycles. The molecule has 1 saturated heterocycles. The third kappa shape index (κ3) is 3.60. The maximum absolute atomic E-state index is 12.4. The molecule has 26 heavy (non-hydrogen) atoms. The lowest BCUT2D eigenvalue weighted by atomic mass is 9.49. The van der Waals surface area contributed by atoms with Crippen LogP contribution in [0.15, 0.2) is 0 Å². The molecule has 1 aliphatic heterocycles. The first-order valence-corrected chi connectivity index (χ1v) is 10.2. The molecule has 4 bridgehead atoms. The standard InChI is InChI=1S/C20H30N2O4/c21-19(25)16-2-1-3-22(11-16)17(23)12-26-18(24)10-20-7-13-4-14(8-20)6-15(5-13)9-20/h13-16H,1-12H2,(H2,21,25)/t13?,14?,15?,16-,20?/m0/s1. The summed E-state index contributed by atoms with van der Waals surface area (Å²) in [6.07, 6.45) is 9.49. The smallest absolute Gasteiger partial charge is 0.306 e. The molecule has 0 aromatic rings. The molecule has 0 spiro atoms. The topological polar surface area (TPSA) is 89.7 Å². The van der Waals surface area contributed by atoms with Crippen LogP contribution >= 0.6 is 0 Å². The van der Waals surface area contributed by atoms with Gasteiger partial charge in [-0.2, -0.15) is 0 Å². The summed E-state index contributed by atoms with van der Waals surface area (Å²) in [5.74, 6) is 1.31. The van der Waals surface area contributed by atoms with Gasteiger partial charge in [0.05, 0.1) is 12.3 Å². The van der Waals surface area contributed by atoms with E-state index in [1.165, 1.54) is 19.3 Å². The van der Waals surface area contributed by atoms with Crippen molar-refractivity contribution < 1.29 is 19.1 Å². The quantitative estimate of drug-likeness (QED) is 0.756. The van der Waals surface area contributed by atoms with E-state index in [1.54, 1.807) is 4.90 Å². The van der Waals surface area contributed by atoms with E-state index in [0.29, 0.717) is 19.5 Å². The third-order valence-corrected chi connectivity index (χ3v) is 7.22. The van der Waals surface area contributed by atoms with E-state index in [9.17, 15) is 14.4 Å². The number of esters is 1. The Morgan fingerprint density at radius 1 is 1.04 bits per heavy atom. The molecule has 6 nitrogen and oxygen atoms in total. The number of ether oxygens (including phenoxy) is 1. The maximum atomic E-state index is 12.4. The summed E-state index contributed by atoms with van der Waals surface area (Å²) < 4.78 is 5.35. The highest BCUT2D eigenvalue weighted by molar-refractivity contribution is 5.82. The van der Waals surface area contributed by atoms with E-state index in [0.717, 1.165) is 49.9 Å². The Hall–Kier alpha value is -1.59. The Morgan fingerprint density at radius 2 is 1.65 bits per heavy atom. The van der Waals surface area contributed by atoms with Crippen LogP contribution in [0.4, 0.5) is 0 Å². The summed E-state index contributed by atoms with van der Waals surface area (Å²) in [4.78, 5) is 37.7. The van der Waals surface area contributed by atoms with E-state index >= 15 is 0 Å². The zero-order valence-corrected chi connectivity index (χ0v) is 15.5. The molecule has 5 fully saturated rings. The number of nitrogens with two attached hydrogens (primary N) is 1. The number of likely N-dealkylation sites (tertiary alicyclic amines) is 1. The lowest BCUT2D eigenvalue weighted by Crippen LogP contribution is -2.47. The molecular formula is C20H30N2O4. The summed E-state index contributed by atoms with van der Waals surface area (Å²) >= 11 is 0. The monoisotopic (exact) mass is 362 g/mol. The van der Waals surface area contributed by atoms with Crippen LogP contribution in [0.5, 0.6) is 0 Å². The fourth-order valence-corrected chi connectivity index (χ4v) is 6.53. The first-order valence-electron chi connectivity index (χ1n) is 10.2. The van der Waals surface area contributed by atoms with Gasteiger partial charge in [-0.3, -0.25) is 14.4 Å². The minimum atomic E-state index is -0.360. The lowest BCUT2D eigenvalue weighted by Gasteiger charge is -2.56. The van der Waals surface area contributed by atoms with Crippen molar-refractivity contribution in [2.75, 3.05) is 19.7 Å². The van der Waals surface area contributed by atoms with Gasteiger partial charge < -0.3 is 15.4 Å². The second kappa shape index (κ2) is 6.86. The first kappa shape index (κ1) is 17.8. The van der Waals surface area contributed by atoms with Crippen LogP contribution in [0.25, 0.3) is 0 Å². The third-order valence-electron chi connectivity index (χ3n) is 7.22. The largest absolute Gasteiger partial charge is 0.456 e. The number of primary amides is 1. The minimum Gasteiger partial charge on any atom is -0.456 e. The lowest BCUT2D eigenvalue weighted by molar-refractivity contribution is -0.158. The van der Waals surface area contributed by atoms with Crippen LogP contribution < -0.4 is 5.73 Å². The van der Waals surface area contributed by atoms with Crippen molar-refractivity contribution in [3.63, 3.8) is 0 Å². The summed E-state index contributed by atoms with van der Waals surface area (Å²) in [6, 6.07) is 0. The van der Waals surface area contributed by atoms with Crippen LogP contribution in [0, 0.1) is 29.1 Å². The molecule has 2 N–H and O–H groups in total. The van der Waals surface area contributed by atoms with Crippen molar-refractivity contribution >= 4 is 17.8 Å². The molecule has 144 valence electrons. The highest BCUT2D eigenvalue weighted by Gasteiger charge is 2.51. The average molecular weight is 362 g/mol. The predicted octanol–water partition coefficient (Wildman–Crippen LogP) is 1.86. The van der Waals surface area contributed by atoms with Crippen LogP contribution in [-0.2, 0) is 19.1 Å². The molecule has 5 rings (SSSR count). The van der Waals surface area contributed by atoms with Crippen molar-refractivity contribution in [3.05, 3.63) is 0 Å². The van der Waals surface area contributed by atoms with Gasteiger partial charge in [0.2, 0.25) is 5.91 Å². The number of piperidine rings is 1. The molecule has 0 radical (unpaired) electrons. The Morgan fingerprint density at radius 3 is 2.23 bits per heavy atom. The molecule has 0 aromatic heterocycles. The summed E-state index contributed by atoms with van der Waals surface area (Å²) in [6.45, 7) is 0.743. The van der Waals surface area contributed by atoms with E-state index in [2.05, 4.69) is 0 Å². The molecule has 4 aliphatic carbocycles. The zero-order valence-electron chi connectivity index (χ0n) is 15.5. The fraction of sp³-hybridized carbons (Fsp3) is 0.850. The van der Waals surface area contributed by atoms with Crippen LogP contribution in [0.3, 0.4) is 0 Å². The fourth-order valence-electron chi connectivity index (χ4n) is 6.53. The Labute approximate surface area is 154 Å². The van der Waals surface area contributed by atoms with Crippen molar-refractivity contribution in [1.82, 2.24) is 4.90 Å². The highest BCUT2D eigenvalue weighted by Crippen LogP contribution is 2.61. The molecule has 2 amide bonds. The molecule has 1 atom stereocenters. The number of carbonyl (C=O) groups is 3. The second-order valence-corrected chi connectivity index (χ2v) is 9.34. The molecule has 0 unspecified atom stereocenters. The number of hydrogen-bond acceptors (Lipinski definition) is 4. The van der Waals surface area contributed by atoms with Gasteiger partial charge in [0.1, 0.15) is 0 Å². The van der Waals surface area contributed by atoms with Crippen LogP contribution in [-0.4, -0.2) is 42.4 Å². The molecule has 4 saturated carbocycles. The van der Waals surface area contributed by atoms with Crippen molar-refractivity contribution in [3.8, 4) is 0 Å². The molecule has 0 aromatic carbocycles. The van der Waals surface area contributed by atoms with Crippen molar-refractivity contribution in [1.29, 1.82) is 0 Å². The van der Waals surface area contributed by atoms with Gasteiger partial charge >= 0.3 is 5.97 Å². The number of amides is 2. The average Bonchev–Trinajstić information content (AvgIpc) is 2.58. The Kier molecular flexibility index (Phi) is 4.70.